The van der Waals surface area contributed by atoms with Crippen LogP contribution in [0, 0.1) is 0 Å². The number of hydrogen-bond acceptors (Lipinski definition) is 3. The number of pyridine rings is 1. The fourth-order valence-electron chi connectivity index (χ4n) is 2.47. The van der Waals surface area contributed by atoms with Crippen molar-refractivity contribution in [1.82, 2.24) is 10.4 Å². The summed E-state index contributed by atoms with van der Waals surface area (Å²) in [6.07, 6.45) is 3.21. The first-order valence-corrected chi connectivity index (χ1v) is 7.68. The molecule has 0 aliphatic heterocycles. The van der Waals surface area contributed by atoms with Crippen molar-refractivity contribution in [2.75, 3.05) is 0 Å². The molecule has 1 amide bonds. The molecule has 4 heteroatoms. The predicted octanol–water partition coefficient (Wildman–Crippen LogP) is 3.36. The van der Waals surface area contributed by atoms with E-state index in [0.29, 0.717) is 5.69 Å². The molecular weight excluding hydrogens is 298 g/mol. The van der Waals surface area contributed by atoms with Gasteiger partial charge in [0.1, 0.15) is 0 Å². The molecule has 3 aromatic rings. The Balaban J connectivity index is 1.81. The van der Waals surface area contributed by atoms with Crippen molar-refractivity contribution in [3.8, 4) is 0 Å². The number of aromatic nitrogens is 1. The molecule has 0 aliphatic rings. The Morgan fingerprint density at radius 1 is 0.875 bits per heavy atom. The number of benzene rings is 2. The number of carbonyl (C=O) groups excluding carboxylic acids is 1. The fraction of sp³-hybridized carbons (Fsp3) is 0.0500. The second-order valence-electron chi connectivity index (χ2n) is 5.24. The van der Waals surface area contributed by atoms with E-state index in [9.17, 15) is 4.79 Å². The van der Waals surface area contributed by atoms with Gasteiger partial charge in [-0.25, -0.2) is 5.43 Å². The maximum atomic E-state index is 12.7. The number of amides is 1. The number of hydrogen-bond donors (Lipinski definition) is 1. The van der Waals surface area contributed by atoms with Crippen molar-refractivity contribution in [2.45, 2.75) is 5.92 Å². The van der Waals surface area contributed by atoms with Crippen LogP contribution in [0.1, 0.15) is 22.7 Å². The minimum atomic E-state index is -0.409. The van der Waals surface area contributed by atoms with E-state index in [1.54, 1.807) is 6.20 Å². The molecule has 118 valence electrons. The zero-order valence-electron chi connectivity index (χ0n) is 13.0. The summed E-state index contributed by atoms with van der Waals surface area (Å²) in [6, 6.07) is 24.9. The Kier molecular flexibility index (Phi) is 5.10. The van der Waals surface area contributed by atoms with Gasteiger partial charge in [-0.15, -0.1) is 0 Å². The Bertz CT molecular complexity index is 763. The van der Waals surface area contributed by atoms with Crippen LogP contribution in [0.3, 0.4) is 0 Å². The number of carbonyl (C=O) groups is 1. The average Bonchev–Trinajstić information content (AvgIpc) is 2.65. The minimum absolute atomic E-state index is 0.181. The van der Waals surface area contributed by atoms with Gasteiger partial charge < -0.3 is 0 Å². The summed E-state index contributed by atoms with van der Waals surface area (Å²) >= 11 is 0. The second kappa shape index (κ2) is 7.83. The lowest BCUT2D eigenvalue weighted by Crippen LogP contribution is -2.26. The van der Waals surface area contributed by atoms with Crippen LogP contribution in [0.5, 0.6) is 0 Å². The van der Waals surface area contributed by atoms with Crippen molar-refractivity contribution in [3.63, 3.8) is 0 Å². The molecule has 0 radical (unpaired) electrons. The molecule has 1 aromatic heterocycles. The van der Waals surface area contributed by atoms with Gasteiger partial charge in [0.15, 0.2) is 0 Å². The van der Waals surface area contributed by atoms with E-state index in [0.717, 1.165) is 11.1 Å². The van der Waals surface area contributed by atoms with Crippen LogP contribution in [-0.2, 0) is 4.79 Å². The topological polar surface area (TPSA) is 54.4 Å². The molecule has 0 saturated heterocycles. The molecule has 1 heterocycles. The van der Waals surface area contributed by atoms with Gasteiger partial charge in [-0.3, -0.25) is 9.78 Å². The van der Waals surface area contributed by atoms with Crippen molar-refractivity contribution in [2.24, 2.45) is 5.10 Å². The van der Waals surface area contributed by atoms with Gasteiger partial charge in [-0.1, -0.05) is 66.7 Å². The summed E-state index contributed by atoms with van der Waals surface area (Å²) in [6.45, 7) is 0. The average molecular weight is 315 g/mol. The summed E-state index contributed by atoms with van der Waals surface area (Å²) in [7, 11) is 0. The second-order valence-corrected chi connectivity index (χ2v) is 5.24. The van der Waals surface area contributed by atoms with Crippen molar-refractivity contribution >= 4 is 12.1 Å². The highest BCUT2D eigenvalue weighted by Gasteiger charge is 2.22. The highest BCUT2D eigenvalue weighted by molar-refractivity contribution is 5.88. The third-order valence-corrected chi connectivity index (χ3v) is 3.59. The van der Waals surface area contributed by atoms with Gasteiger partial charge in [-0.05, 0) is 23.3 Å². The minimum Gasteiger partial charge on any atom is -0.272 e. The van der Waals surface area contributed by atoms with E-state index in [1.165, 1.54) is 6.21 Å². The molecule has 3 rings (SSSR count). The van der Waals surface area contributed by atoms with E-state index in [-0.39, 0.29) is 5.91 Å². The number of hydrazone groups is 1. The van der Waals surface area contributed by atoms with Crippen molar-refractivity contribution in [1.29, 1.82) is 0 Å². The zero-order valence-corrected chi connectivity index (χ0v) is 13.0. The standard InChI is InChI=1S/C20H17N3O/c24-20(23-22-15-18-13-7-8-14-21-18)19(16-9-3-1-4-10-16)17-11-5-2-6-12-17/h1-15,19H,(H,23,24)/b22-15+. The summed E-state index contributed by atoms with van der Waals surface area (Å²) in [4.78, 5) is 16.8. The lowest BCUT2D eigenvalue weighted by molar-refractivity contribution is -0.121. The van der Waals surface area contributed by atoms with Gasteiger partial charge in [0, 0.05) is 6.20 Å². The van der Waals surface area contributed by atoms with Crippen LogP contribution >= 0.6 is 0 Å². The molecule has 0 bridgehead atoms. The monoisotopic (exact) mass is 315 g/mol. The van der Waals surface area contributed by atoms with Gasteiger partial charge in [0.25, 0.3) is 5.91 Å². The van der Waals surface area contributed by atoms with Gasteiger partial charge in [0.2, 0.25) is 0 Å². The molecule has 0 aliphatic carbocycles. The Hall–Kier alpha value is -3.27. The summed E-state index contributed by atoms with van der Waals surface area (Å²) < 4.78 is 0. The molecular formula is C20H17N3O. The molecule has 24 heavy (non-hydrogen) atoms. The predicted molar refractivity (Wildman–Crippen MR) is 94.7 cm³/mol. The van der Waals surface area contributed by atoms with Crippen molar-refractivity contribution < 1.29 is 4.79 Å². The first-order chi connectivity index (χ1) is 11.8. The maximum Gasteiger partial charge on any atom is 0.252 e. The molecule has 0 atom stereocenters. The van der Waals surface area contributed by atoms with Gasteiger partial charge in [-0.2, -0.15) is 5.10 Å². The Morgan fingerprint density at radius 3 is 2.00 bits per heavy atom. The lowest BCUT2D eigenvalue weighted by Gasteiger charge is -2.16. The van der Waals surface area contributed by atoms with Crippen LogP contribution in [0.25, 0.3) is 0 Å². The first kappa shape index (κ1) is 15.6. The highest BCUT2D eigenvalue weighted by Crippen LogP contribution is 2.24. The number of nitrogens with one attached hydrogen (secondary N) is 1. The smallest absolute Gasteiger partial charge is 0.252 e. The normalized spacial score (nSPS) is 10.9. The summed E-state index contributed by atoms with van der Waals surface area (Å²) in [5.41, 5.74) is 5.16. The summed E-state index contributed by atoms with van der Waals surface area (Å²) in [5.74, 6) is -0.590. The maximum absolute atomic E-state index is 12.7. The van der Waals surface area contributed by atoms with Crippen LogP contribution in [-0.4, -0.2) is 17.1 Å². The fourth-order valence-corrected chi connectivity index (χ4v) is 2.47. The molecule has 0 fully saturated rings. The summed E-state index contributed by atoms with van der Waals surface area (Å²) in [5, 5.41) is 4.03. The van der Waals surface area contributed by atoms with Crippen LogP contribution in [0.4, 0.5) is 0 Å². The Labute approximate surface area is 140 Å². The molecule has 0 spiro atoms. The van der Waals surface area contributed by atoms with Gasteiger partial charge >= 0.3 is 0 Å². The number of nitrogens with zero attached hydrogens (tertiary/aromatic N) is 2. The first-order valence-electron chi connectivity index (χ1n) is 7.68. The largest absolute Gasteiger partial charge is 0.272 e. The van der Waals surface area contributed by atoms with Crippen molar-refractivity contribution in [3.05, 3.63) is 102 Å². The van der Waals surface area contributed by atoms with Gasteiger partial charge in [0.05, 0.1) is 17.8 Å². The highest BCUT2D eigenvalue weighted by atomic mass is 16.2. The van der Waals surface area contributed by atoms with Crippen LogP contribution in [0.15, 0.2) is 90.2 Å². The third kappa shape index (κ3) is 3.93. The van der Waals surface area contributed by atoms with E-state index >= 15 is 0 Å². The number of rotatable bonds is 5. The zero-order chi connectivity index (χ0) is 16.6. The van der Waals surface area contributed by atoms with E-state index in [4.69, 9.17) is 0 Å². The molecule has 2 aromatic carbocycles. The lowest BCUT2D eigenvalue weighted by atomic mass is 9.91. The molecule has 4 nitrogen and oxygen atoms in total. The quantitative estimate of drug-likeness (QED) is 0.580. The Morgan fingerprint density at radius 2 is 1.46 bits per heavy atom. The molecule has 0 unspecified atom stereocenters. The molecule has 1 N–H and O–H groups in total. The van der Waals surface area contributed by atoms with Crippen LogP contribution < -0.4 is 5.43 Å². The van der Waals surface area contributed by atoms with E-state index < -0.39 is 5.92 Å². The SMILES string of the molecule is O=C(N/N=C/c1ccccn1)C(c1ccccc1)c1ccccc1. The molecule has 0 saturated carbocycles. The van der Waals surface area contributed by atoms with Crippen LogP contribution in [0.2, 0.25) is 0 Å². The van der Waals surface area contributed by atoms with E-state index in [1.807, 2.05) is 78.9 Å². The third-order valence-electron chi connectivity index (χ3n) is 3.59. The van der Waals surface area contributed by atoms with E-state index in [2.05, 4.69) is 15.5 Å².